The third-order valence-corrected chi connectivity index (χ3v) is 1.56. The lowest BCUT2D eigenvalue weighted by Crippen LogP contribution is -1.93. The molecule has 0 saturated carbocycles. The van der Waals surface area contributed by atoms with Gasteiger partial charge in [-0.2, -0.15) is 15.4 Å². The van der Waals surface area contributed by atoms with Gasteiger partial charge < -0.3 is 5.32 Å². The Balaban J connectivity index is 2.65. The summed E-state index contributed by atoms with van der Waals surface area (Å²) < 4.78 is 0. The second-order valence-electron chi connectivity index (χ2n) is 2.26. The number of benzene rings is 1. The lowest BCUT2D eigenvalue weighted by Gasteiger charge is -1.95. The van der Waals surface area contributed by atoms with Crippen molar-refractivity contribution in [1.82, 2.24) is 15.4 Å². The van der Waals surface area contributed by atoms with E-state index in [1.54, 1.807) is 12.1 Å². The SMILES string of the molecule is O=CNc1cccc2n[nH]nc12. The monoisotopic (exact) mass is 162 g/mol. The number of fused-ring (bicyclic) bond motifs is 1. The number of amides is 1. The van der Waals surface area contributed by atoms with Crippen LogP contribution < -0.4 is 5.32 Å². The number of aromatic nitrogens is 3. The minimum Gasteiger partial charge on any atom is -0.327 e. The highest BCUT2D eigenvalue weighted by atomic mass is 16.1. The molecule has 2 N–H and O–H groups in total. The summed E-state index contributed by atoms with van der Waals surface area (Å²) in [5.41, 5.74) is 2.07. The Bertz CT molecular complexity index is 408. The van der Waals surface area contributed by atoms with Gasteiger partial charge >= 0.3 is 0 Å². The summed E-state index contributed by atoms with van der Waals surface area (Å²) in [6.45, 7) is 0. The van der Waals surface area contributed by atoms with Crippen molar-refractivity contribution in [3.8, 4) is 0 Å². The molecule has 2 aromatic rings. The van der Waals surface area contributed by atoms with E-state index in [4.69, 9.17) is 0 Å². The molecule has 12 heavy (non-hydrogen) atoms. The van der Waals surface area contributed by atoms with E-state index in [2.05, 4.69) is 20.7 Å². The number of nitrogens with one attached hydrogen (secondary N) is 2. The maximum absolute atomic E-state index is 10.2. The first kappa shape index (κ1) is 6.78. The van der Waals surface area contributed by atoms with Crippen molar-refractivity contribution in [3.63, 3.8) is 0 Å². The molecule has 1 heterocycles. The minimum absolute atomic E-state index is 0.615. The van der Waals surface area contributed by atoms with Gasteiger partial charge in [-0.05, 0) is 12.1 Å². The fourth-order valence-corrected chi connectivity index (χ4v) is 1.05. The van der Waals surface area contributed by atoms with Crippen LogP contribution in [-0.4, -0.2) is 21.8 Å². The van der Waals surface area contributed by atoms with Gasteiger partial charge in [-0.3, -0.25) is 4.79 Å². The lowest BCUT2D eigenvalue weighted by molar-refractivity contribution is -0.105. The van der Waals surface area contributed by atoms with E-state index in [-0.39, 0.29) is 0 Å². The number of para-hydroxylation sites is 1. The van der Waals surface area contributed by atoms with Crippen LogP contribution >= 0.6 is 0 Å². The van der Waals surface area contributed by atoms with Gasteiger partial charge in [0.1, 0.15) is 11.0 Å². The molecule has 0 radical (unpaired) electrons. The van der Waals surface area contributed by atoms with Crippen molar-refractivity contribution in [2.75, 3.05) is 5.32 Å². The van der Waals surface area contributed by atoms with Crippen molar-refractivity contribution in [2.45, 2.75) is 0 Å². The van der Waals surface area contributed by atoms with E-state index in [1.807, 2.05) is 6.07 Å². The molecule has 0 saturated heterocycles. The number of hydrogen-bond acceptors (Lipinski definition) is 3. The zero-order valence-electron chi connectivity index (χ0n) is 6.11. The predicted octanol–water partition coefficient (Wildman–Crippen LogP) is 0.526. The normalized spacial score (nSPS) is 10.0. The summed E-state index contributed by atoms with van der Waals surface area (Å²) >= 11 is 0. The molecule has 1 aromatic heterocycles. The molecular formula is C7H6N4O. The maximum atomic E-state index is 10.2. The number of anilines is 1. The standard InChI is InChI=1S/C7H6N4O/c12-4-8-5-2-1-3-6-7(5)10-11-9-6/h1-4H,(H,8,12)(H,9,10,11). The highest BCUT2D eigenvalue weighted by Gasteiger charge is 2.01. The summed E-state index contributed by atoms with van der Waals surface area (Å²) in [5.74, 6) is 0. The van der Waals surface area contributed by atoms with Gasteiger partial charge in [0.15, 0.2) is 0 Å². The summed E-state index contributed by atoms with van der Waals surface area (Å²) in [4.78, 5) is 10.2. The van der Waals surface area contributed by atoms with Crippen molar-refractivity contribution in [1.29, 1.82) is 0 Å². The second kappa shape index (κ2) is 2.61. The maximum Gasteiger partial charge on any atom is 0.211 e. The predicted molar refractivity (Wildman–Crippen MR) is 43.6 cm³/mol. The summed E-state index contributed by atoms with van der Waals surface area (Å²) in [5, 5.41) is 12.8. The number of hydrogen-bond donors (Lipinski definition) is 2. The van der Waals surface area contributed by atoms with Crippen LogP contribution in [0, 0.1) is 0 Å². The van der Waals surface area contributed by atoms with Gasteiger partial charge in [-0.15, -0.1) is 0 Å². The second-order valence-corrected chi connectivity index (χ2v) is 2.26. The van der Waals surface area contributed by atoms with E-state index < -0.39 is 0 Å². The van der Waals surface area contributed by atoms with E-state index in [0.717, 1.165) is 5.52 Å². The Hall–Kier alpha value is -1.91. The fourth-order valence-electron chi connectivity index (χ4n) is 1.05. The molecule has 1 amide bonds. The highest BCUT2D eigenvalue weighted by Crippen LogP contribution is 2.17. The number of aromatic amines is 1. The zero-order valence-corrected chi connectivity index (χ0v) is 6.11. The average molecular weight is 162 g/mol. The van der Waals surface area contributed by atoms with Crippen LogP contribution in [0.25, 0.3) is 11.0 Å². The van der Waals surface area contributed by atoms with Crippen LogP contribution in [0.5, 0.6) is 0 Å². The number of nitrogens with zero attached hydrogens (tertiary/aromatic N) is 2. The third-order valence-electron chi connectivity index (χ3n) is 1.56. The van der Waals surface area contributed by atoms with Gasteiger partial charge in [-0.1, -0.05) is 6.07 Å². The summed E-state index contributed by atoms with van der Waals surface area (Å²) in [6.07, 6.45) is 0.615. The number of rotatable bonds is 2. The largest absolute Gasteiger partial charge is 0.327 e. The number of carbonyl (C=O) groups excluding carboxylic acids is 1. The van der Waals surface area contributed by atoms with Crippen LogP contribution in [0.4, 0.5) is 5.69 Å². The Morgan fingerprint density at radius 1 is 1.42 bits per heavy atom. The molecule has 0 bridgehead atoms. The van der Waals surface area contributed by atoms with Crippen molar-refractivity contribution >= 4 is 23.1 Å². The quantitative estimate of drug-likeness (QED) is 0.632. The van der Waals surface area contributed by atoms with Gasteiger partial charge in [-0.25, -0.2) is 0 Å². The fraction of sp³-hybridized carbons (Fsp3) is 0. The van der Waals surface area contributed by atoms with E-state index in [1.165, 1.54) is 0 Å². The molecule has 1 aromatic carbocycles. The molecule has 0 aliphatic rings. The van der Waals surface area contributed by atoms with E-state index in [0.29, 0.717) is 17.6 Å². The molecule has 0 aliphatic carbocycles. The Morgan fingerprint density at radius 3 is 3.17 bits per heavy atom. The third kappa shape index (κ3) is 0.914. The van der Waals surface area contributed by atoms with Gasteiger partial charge in [0.05, 0.1) is 5.69 Å². The molecule has 0 fully saturated rings. The van der Waals surface area contributed by atoms with Crippen LogP contribution in [0.3, 0.4) is 0 Å². The van der Waals surface area contributed by atoms with Crippen molar-refractivity contribution < 1.29 is 4.79 Å². The van der Waals surface area contributed by atoms with Crippen LogP contribution in [-0.2, 0) is 4.79 Å². The van der Waals surface area contributed by atoms with E-state index >= 15 is 0 Å². The van der Waals surface area contributed by atoms with Gasteiger partial charge in [0, 0.05) is 0 Å². The van der Waals surface area contributed by atoms with Gasteiger partial charge in [0.2, 0.25) is 6.41 Å². The van der Waals surface area contributed by atoms with E-state index in [9.17, 15) is 4.79 Å². The smallest absolute Gasteiger partial charge is 0.211 e. The Kier molecular flexibility index (Phi) is 1.48. The first-order valence-corrected chi connectivity index (χ1v) is 3.41. The molecule has 0 unspecified atom stereocenters. The average Bonchev–Trinajstić information content (AvgIpc) is 2.53. The topological polar surface area (TPSA) is 70.7 Å². The first-order valence-electron chi connectivity index (χ1n) is 3.41. The molecule has 5 heteroatoms. The molecule has 5 nitrogen and oxygen atoms in total. The number of H-pyrrole nitrogens is 1. The minimum atomic E-state index is 0.615. The number of carbonyl (C=O) groups is 1. The van der Waals surface area contributed by atoms with Crippen LogP contribution in [0.15, 0.2) is 18.2 Å². The molecule has 0 aliphatic heterocycles. The zero-order chi connectivity index (χ0) is 8.39. The molecule has 0 spiro atoms. The van der Waals surface area contributed by atoms with Crippen LogP contribution in [0.2, 0.25) is 0 Å². The summed E-state index contributed by atoms with van der Waals surface area (Å²) in [6, 6.07) is 5.38. The highest BCUT2D eigenvalue weighted by molar-refractivity contribution is 5.91. The molecular weight excluding hydrogens is 156 g/mol. The Morgan fingerprint density at radius 2 is 2.33 bits per heavy atom. The molecule has 2 rings (SSSR count). The van der Waals surface area contributed by atoms with Crippen molar-refractivity contribution in [3.05, 3.63) is 18.2 Å². The summed E-state index contributed by atoms with van der Waals surface area (Å²) in [7, 11) is 0. The van der Waals surface area contributed by atoms with Gasteiger partial charge in [0.25, 0.3) is 0 Å². The Labute approximate surface area is 67.8 Å². The first-order chi connectivity index (χ1) is 5.92. The molecule has 60 valence electrons. The lowest BCUT2D eigenvalue weighted by atomic mass is 10.3. The molecule has 0 atom stereocenters. The van der Waals surface area contributed by atoms with Crippen LogP contribution in [0.1, 0.15) is 0 Å². The van der Waals surface area contributed by atoms with Crippen molar-refractivity contribution in [2.24, 2.45) is 0 Å².